The summed E-state index contributed by atoms with van der Waals surface area (Å²) in [6, 6.07) is 11.8. The van der Waals surface area contributed by atoms with Gasteiger partial charge in [-0.05, 0) is 66.3 Å². The first-order chi connectivity index (χ1) is 16.9. The first kappa shape index (κ1) is 25.5. The van der Waals surface area contributed by atoms with E-state index in [1.807, 2.05) is 41.5 Å². The fourth-order valence-corrected chi connectivity index (χ4v) is 6.16. The second-order valence-corrected chi connectivity index (χ2v) is 11.4. The maximum Gasteiger partial charge on any atom is 0.264 e. The molecule has 7 heteroatoms. The summed E-state index contributed by atoms with van der Waals surface area (Å²) in [4.78, 5) is 32.6. The van der Waals surface area contributed by atoms with E-state index in [-0.39, 0.29) is 24.4 Å². The zero-order valence-electron chi connectivity index (χ0n) is 21.0. The molecule has 3 aromatic rings. The van der Waals surface area contributed by atoms with Gasteiger partial charge in [0.05, 0.1) is 10.9 Å². The quantitative estimate of drug-likeness (QED) is 0.348. The summed E-state index contributed by atoms with van der Waals surface area (Å²) in [7, 11) is 0. The van der Waals surface area contributed by atoms with Crippen LogP contribution in [-0.4, -0.2) is 47.9 Å². The lowest BCUT2D eigenvalue weighted by Crippen LogP contribution is -2.48. The Hall–Kier alpha value is -2.64. The number of hydrogen-bond acceptors (Lipinski definition) is 5. The van der Waals surface area contributed by atoms with Crippen molar-refractivity contribution >= 4 is 34.5 Å². The van der Waals surface area contributed by atoms with Crippen molar-refractivity contribution in [2.75, 3.05) is 26.2 Å². The van der Waals surface area contributed by atoms with Crippen molar-refractivity contribution in [3.05, 3.63) is 73.6 Å². The number of nitrogens with zero attached hydrogens (tertiary/aromatic N) is 2. The molecule has 186 valence electrons. The van der Waals surface area contributed by atoms with Crippen molar-refractivity contribution in [1.82, 2.24) is 9.80 Å². The topological polar surface area (TPSA) is 49.9 Å². The molecule has 3 heterocycles. The molecule has 1 aromatic carbocycles. The van der Waals surface area contributed by atoms with Crippen LogP contribution in [0.2, 0.25) is 0 Å². The van der Waals surface area contributed by atoms with Crippen LogP contribution in [0.15, 0.2) is 47.2 Å². The van der Waals surface area contributed by atoms with Crippen LogP contribution in [-0.2, 0) is 11.2 Å². The van der Waals surface area contributed by atoms with Gasteiger partial charge in [0.25, 0.3) is 5.91 Å². The molecule has 1 aliphatic heterocycles. The van der Waals surface area contributed by atoms with Crippen LogP contribution in [0.3, 0.4) is 0 Å². The Labute approximate surface area is 216 Å². The summed E-state index contributed by atoms with van der Waals surface area (Å²) < 4.78 is 6.26. The predicted octanol–water partition coefficient (Wildman–Crippen LogP) is 6.12. The molecule has 0 spiro atoms. The maximum absolute atomic E-state index is 13.7. The van der Waals surface area contributed by atoms with Crippen LogP contribution < -0.4 is 4.74 Å². The number of thiophene rings is 2. The molecule has 0 fully saturated rings. The van der Waals surface area contributed by atoms with E-state index < -0.39 is 0 Å². The first-order valence-corrected chi connectivity index (χ1v) is 14.0. The molecule has 0 bridgehead atoms. The standard InChI is InChI=1S/C28H34N2O3S2/c1-5-19(2)16-29(28(32)26-7-6-13-34-26)17-27(31)30-12-10-25-22(11-14-35-25)23(30)18-33-24-9-8-20(3)15-21(24)4/h6-9,11,13-15,19,23H,5,10,12,16-18H2,1-4H3/t19-,23-/m1/s1. The monoisotopic (exact) mass is 510 g/mol. The number of aryl methyl sites for hydroxylation is 2. The zero-order chi connectivity index (χ0) is 24.9. The van der Waals surface area contributed by atoms with E-state index in [1.165, 1.54) is 21.8 Å². The summed E-state index contributed by atoms with van der Waals surface area (Å²) >= 11 is 3.16. The Kier molecular flexibility index (Phi) is 8.29. The van der Waals surface area contributed by atoms with Gasteiger partial charge in [-0.15, -0.1) is 22.7 Å². The van der Waals surface area contributed by atoms with E-state index in [9.17, 15) is 9.59 Å². The van der Waals surface area contributed by atoms with Crippen LogP contribution in [0, 0.1) is 19.8 Å². The van der Waals surface area contributed by atoms with Crippen molar-refractivity contribution in [1.29, 1.82) is 0 Å². The minimum atomic E-state index is -0.166. The van der Waals surface area contributed by atoms with Gasteiger partial charge in [0.1, 0.15) is 18.9 Å². The van der Waals surface area contributed by atoms with Gasteiger partial charge in [-0.3, -0.25) is 9.59 Å². The van der Waals surface area contributed by atoms with E-state index in [1.54, 1.807) is 16.2 Å². The molecule has 0 radical (unpaired) electrons. The number of carbonyl (C=O) groups is 2. The Bertz CT molecular complexity index is 1150. The van der Waals surface area contributed by atoms with Gasteiger partial charge in [0.15, 0.2) is 0 Å². The van der Waals surface area contributed by atoms with Gasteiger partial charge < -0.3 is 14.5 Å². The van der Waals surface area contributed by atoms with Crippen LogP contribution in [0.4, 0.5) is 0 Å². The number of hydrogen-bond donors (Lipinski definition) is 0. The van der Waals surface area contributed by atoms with E-state index in [4.69, 9.17) is 4.74 Å². The van der Waals surface area contributed by atoms with Crippen LogP contribution >= 0.6 is 22.7 Å². The minimum absolute atomic E-state index is 0.0238. The van der Waals surface area contributed by atoms with E-state index >= 15 is 0 Å². The third-order valence-corrected chi connectivity index (χ3v) is 8.57. The molecule has 4 rings (SSSR count). The summed E-state index contributed by atoms with van der Waals surface area (Å²) in [5, 5.41) is 4.00. The molecule has 0 N–H and O–H groups in total. The number of ether oxygens (including phenoxy) is 1. The SMILES string of the molecule is CC[C@@H](C)CN(CC(=O)N1CCc2sccc2[C@H]1COc1ccc(C)cc1C)C(=O)c1cccs1. The van der Waals surface area contributed by atoms with Crippen molar-refractivity contribution in [2.45, 2.75) is 46.6 Å². The van der Waals surface area contributed by atoms with Crippen molar-refractivity contribution in [2.24, 2.45) is 5.92 Å². The highest BCUT2D eigenvalue weighted by Crippen LogP contribution is 2.34. The summed E-state index contributed by atoms with van der Waals surface area (Å²) in [5.74, 6) is 1.08. The molecule has 2 atom stereocenters. The molecule has 0 saturated heterocycles. The number of rotatable bonds is 9. The Morgan fingerprint density at radius 3 is 2.71 bits per heavy atom. The number of benzene rings is 1. The highest BCUT2D eigenvalue weighted by Gasteiger charge is 2.34. The van der Waals surface area contributed by atoms with Crippen LogP contribution in [0.1, 0.15) is 57.5 Å². The normalized spacial score (nSPS) is 16.0. The summed E-state index contributed by atoms with van der Waals surface area (Å²) in [5.41, 5.74) is 3.45. The second kappa shape index (κ2) is 11.4. The summed E-state index contributed by atoms with van der Waals surface area (Å²) in [6.07, 6.45) is 1.79. The van der Waals surface area contributed by atoms with E-state index in [2.05, 4.69) is 38.3 Å². The molecule has 0 aliphatic carbocycles. The number of amides is 2. The lowest BCUT2D eigenvalue weighted by molar-refractivity contribution is -0.135. The highest BCUT2D eigenvalue weighted by atomic mass is 32.1. The molecule has 0 unspecified atom stereocenters. The molecule has 0 saturated carbocycles. The smallest absolute Gasteiger partial charge is 0.264 e. The van der Waals surface area contributed by atoms with Gasteiger partial charge in [0, 0.05) is 18.0 Å². The second-order valence-electron chi connectivity index (χ2n) is 9.41. The van der Waals surface area contributed by atoms with Gasteiger partial charge in [-0.1, -0.05) is 44.0 Å². The Balaban J connectivity index is 1.54. The molecule has 35 heavy (non-hydrogen) atoms. The van der Waals surface area contributed by atoms with E-state index in [0.29, 0.717) is 30.5 Å². The molecule has 2 aromatic heterocycles. The van der Waals surface area contributed by atoms with Gasteiger partial charge >= 0.3 is 0 Å². The summed E-state index contributed by atoms with van der Waals surface area (Å²) in [6.45, 7) is 10.0. The first-order valence-electron chi connectivity index (χ1n) is 12.3. The largest absolute Gasteiger partial charge is 0.491 e. The average Bonchev–Trinajstić information content (AvgIpc) is 3.54. The van der Waals surface area contributed by atoms with Crippen molar-refractivity contribution in [3.63, 3.8) is 0 Å². The van der Waals surface area contributed by atoms with Gasteiger partial charge in [-0.2, -0.15) is 0 Å². The fourth-order valence-electron chi connectivity index (χ4n) is 4.54. The third kappa shape index (κ3) is 5.96. The Morgan fingerprint density at radius 2 is 2.00 bits per heavy atom. The molecular formula is C28H34N2O3S2. The van der Waals surface area contributed by atoms with Crippen molar-refractivity contribution < 1.29 is 14.3 Å². The zero-order valence-corrected chi connectivity index (χ0v) is 22.6. The Morgan fingerprint density at radius 1 is 1.17 bits per heavy atom. The minimum Gasteiger partial charge on any atom is -0.491 e. The van der Waals surface area contributed by atoms with Crippen molar-refractivity contribution in [3.8, 4) is 5.75 Å². The number of fused-ring (bicyclic) bond motifs is 1. The third-order valence-electron chi connectivity index (χ3n) is 6.72. The van der Waals surface area contributed by atoms with E-state index in [0.717, 1.165) is 29.7 Å². The number of carbonyl (C=O) groups excluding carboxylic acids is 2. The lowest BCUT2D eigenvalue weighted by Gasteiger charge is -2.37. The van der Waals surface area contributed by atoms with Gasteiger partial charge in [-0.25, -0.2) is 0 Å². The molecular weight excluding hydrogens is 476 g/mol. The van der Waals surface area contributed by atoms with Gasteiger partial charge in [0.2, 0.25) is 5.91 Å². The average molecular weight is 511 g/mol. The van der Waals surface area contributed by atoms with Crippen LogP contribution in [0.5, 0.6) is 5.75 Å². The fraction of sp³-hybridized carbons (Fsp3) is 0.429. The molecule has 5 nitrogen and oxygen atoms in total. The lowest BCUT2D eigenvalue weighted by atomic mass is 10.00. The maximum atomic E-state index is 13.7. The van der Waals surface area contributed by atoms with Crippen LogP contribution in [0.25, 0.3) is 0 Å². The highest BCUT2D eigenvalue weighted by molar-refractivity contribution is 7.12. The molecule has 1 aliphatic rings. The predicted molar refractivity (Wildman–Crippen MR) is 144 cm³/mol. The molecule has 2 amide bonds.